The van der Waals surface area contributed by atoms with Gasteiger partial charge in [0.25, 0.3) is 0 Å². The highest BCUT2D eigenvalue weighted by Crippen LogP contribution is 2.35. The number of aryl methyl sites for hydroxylation is 1. The van der Waals surface area contributed by atoms with Crippen molar-refractivity contribution in [1.82, 2.24) is 24.6 Å². The second kappa shape index (κ2) is 13.8. The normalized spacial score (nSPS) is 14.0. The second-order valence-corrected chi connectivity index (χ2v) is 11.7. The van der Waals surface area contributed by atoms with Gasteiger partial charge in [0.2, 0.25) is 5.89 Å². The number of ether oxygens (including phenoxy) is 1. The molecule has 46 heavy (non-hydrogen) atoms. The lowest BCUT2D eigenvalue weighted by Crippen LogP contribution is -2.47. The minimum Gasteiger partial charge on any atom is -0.462 e. The zero-order valence-electron chi connectivity index (χ0n) is 27.0. The highest BCUT2D eigenvalue weighted by Gasteiger charge is 2.28. The monoisotopic (exact) mass is 624 g/mol. The van der Waals surface area contributed by atoms with Crippen LogP contribution in [-0.2, 0) is 11.2 Å². The van der Waals surface area contributed by atoms with Gasteiger partial charge in [0.05, 0.1) is 34.6 Å². The number of piperazine rings is 1. The maximum Gasteiger partial charge on any atom is 0.339 e. The summed E-state index contributed by atoms with van der Waals surface area (Å²) in [6.07, 6.45) is 2.52. The number of hydrogen-bond acceptors (Lipinski definition) is 8. The third-order valence-electron chi connectivity index (χ3n) is 8.86. The van der Waals surface area contributed by atoms with Gasteiger partial charge in [-0.25, -0.2) is 23.8 Å². The fourth-order valence-corrected chi connectivity index (χ4v) is 6.21. The summed E-state index contributed by atoms with van der Waals surface area (Å²) in [5.41, 5.74) is 4.50. The molecule has 0 amide bonds. The Bertz CT molecular complexity index is 1790. The Morgan fingerprint density at radius 3 is 2.37 bits per heavy atom. The number of esters is 1. The first-order chi connectivity index (χ1) is 22.4. The molecule has 0 aliphatic carbocycles. The number of pyridine rings is 1. The average molecular weight is 625 g/mol. The Labute approximate surface area is 269 Å². The number of carbonyl (C=O) groups excluding carboxylic acids is 1. The number of hydrogen-bond donors (Lipinski definition) is 0. The van der Waals surface area contributed by atoms with E-state index in [2.05, 4.69) is 23.6 Å². The molecule has 0 radical (unpaired) electrons. The quantitative estimate of drug-likeness (QED) is 0.146. The van der Waals surface area contributed by atoms with Crippen molar-refractivity contribution in [1.29, 1.82) is 0 Å². The zero-order chi connectivity index (χ0) is 32.2. The van der Waals surface area contributed by atoms with Crippen molar-refractivity contribution in [3.05, 3.63) is 89.2 Å². The molecule has 0 saturated carbocycles. The molecule has 0 atom stereocenters. The van der Waals surface area contributed by atoms with Crippen LogP contribution in [0.25, 0.3) is 28.2 Å². The summed E-state index contributed by atoms with van der Waals surface area (Å²) < 4.78 is 27.1. The SMILES string of the molecule is CCOC(=O)c1cc(N2CCN(CCc3nc(-c4ccccc4)oc3C)CC2)nc2c1c(C(CC)CC)nn2-c1ccc(F)cc1. The molecule has 0 bridgehead atoms. The third kappa shape index (κ3) is 6.39. The summed E-state index contributed by atoms with van der Waals surface area (Å²) in [5, 5.41) is 5.70. The number of halogens is 1. The van der Waals surface area contributed by atoms with Gasteiger partial charge in [-0.3, -0.25) is 4.90 Å². The van der Waals surface area contributed by atoms with Crippen LogP contribution in [0.5, 0.6) is 0 Å². The number of nitrogens with zero attached hydrogens (tertiary/aromatic N) is 6. The van der Waals surface area contributed by atoms with Gasteiger partial charge < -0.3 is 14.1 Å². The van der Waals surface area contributed by atoms with Gasteiger partial charge >= 0.3 is 5.97 Å². The van der Waals surface area contributed by atoms with E-state index in [0.717, 1.165) is 74.7 Å². The van der Waals surface area contributed by atoms with E-state index < -0.39 is 5.97 Å². The standard InChI is InChI=1S/C36H41FN6O3/c1-5-25(6-2)33-32-29(36(44)45-7-3)23-31(39-34(32)43(40-33)28-15-13-27(37)14-16-28)42-21-19-41(20-22-42)18-17-30-24(4)46-35(38-30)26-11-9-8-10-12-26/h8-16,23,25H,5-7,17-22H2,1-4H3. The molecule has 240 valence electrons. The van der Waals surface area contributed by atoms with Gasteiger partial charge in [0, 0.05) is 50.6 Å². The van der Waals surface area contributed by atoms with Crippen molar-refractivity contribution in [2.24, 2.45) is 0 Å². The van der Waals surface area contributed by atoms with Crippen LogP contribution < -0.4 is 4.90 Å². The molecule has 6 rings (SSSR count). The molecule has 1 fully saturated rings. The summed E-state index contributed by atoms with van der Waals surface area (Å²) in [6.45, 7) is 12.3. The molecule has 5 aromatic rings. The molecule has 2 aromatic carbocycles. The molecule has 3 aromatic heterocycles. The summed E-state index contributed by atoms with van der Waals surface area (Å²) >= 11 is 0. The van der Waals surface area contributed by atoms with Crippen LogP contribution in [0.15, 0.2) is 65.1 Å². The minimum atomic E-state index is -0.390. The zero-order valence-corrected chi connectivity index (χ0v) is 27.0. The number of anilines is 1. The van der Waals surface area contributed by atoms with Gasteiger partial charge in [0.1, 0.15) is 17.4 Å². The lowest BCUT2D eigenvalue weighted by molar-refractivity contribution is 0.0528. The molecule has 10 heteroatoms. The van der Waals surface area contributed by atoms with E-state index in [4.69, 9.17) is 24.2 Å². The van der Waals surface area contributed by atoms with Crippen molar-refractivity contribution in [3.63, 3.8) is 0 Å². The number of oxazole rings is 1. The number of fused-ring (bicyclic) bond motifs is 1. The van der Waals surface area contributed by atoms with Crippen LogP contribution >= 0.6 is 0 Å². The van der Waals surface area contributed by atoms with Gasteiger partial charge in [-0.1, -0.05) is 32.0 Å². The Hall–Kier alpha value is -4.57. The molecule has 1 aliphatic heterocycles. The number of rotatable bonds is 11. The molecule has 0 unspecified atom stereocenters. The Morgan fingerprint density at radius 2 is 1.70 bits per heavy atom. The van der Waals surface area contributed by atoms with Gasteiger partial charge in [-0.2, -0.15) is 5.10 Å². The van der Waals surface area contributed by atoms with Crippen LogP contribution in [0.2, 0.25) is 0 Å². The van der Waals surface area contributed by atoms with E-state index >= 15 is 0 Å². The summed E-state index contributed by atoms with van der Waals surface area (Å²) in [4.78, 5) is 28.0. The van der Waals surface area contributed by atoms with Crippen molar-refractivity contribution in [3.8, 4) is 17.1 Å². The molecule has 4 heterocycles. The molecular weight excluding hydrogens is 583 g/mol. The van der Waals surface area contributed by atoms with Crippen molar-refractivity contribution >= 4 is 22.8 Å². The first-order valence-corrected chi connectivity index (χ1v) is 16.3. The van der Waals surface area contributed by atoms with Crippen molar-refractivity contribution in [2.45, 2.75) is 52.9 Å². The van der Waals surface area contributed by atoms with E-state index in [9.17, 15) is 9.18 Å². The van der Waals surface area contributed by atoms with Crippen LogP contribution in [0.1, 0.15) is 67.0 Å². The van der Waals surface area contributed by atoms with E-state index in [1.165, 1.54) is 12.1 Å². The van der Waals surface area contributed by atoms with Crippen LogP contribution in [0.4, 0.5) is 10.2 Å². The van der Waals surface area contributed by atoms with Crippen molar-refractivity contribution < 1.29 is 18.3 Å². The van der Waals surface area contributed by atoms with Crippen molar-refractivity contribution in [2.75, 3.05) is 44.2 Å². The molecule has 1 saturated heterocycles. The molecule has 1 aliphatic rings. The van der Waals surface area contributed by atoms with E-state index in [1.54, 1.807) is 16.8 Å². The Balaban J connectivity index is 1.26. The smallest absolute Gasteiger partial charge is 0.339 e. The van der Waals surface area contributed by atoms with Crippen LogP contribution in [0.3, 0.4) is 0 Å². The molecule has 9 nitrogen and oxygen atoms in total. The second-order valence-electron chi connectivity index (χ2n) is 11.7. The average Bonchev–Trinajstić information content (AvgIpc) is 3.65. The predicted octanol–water partition coefficient (Wildman–Crippen LogP) is 6.97. The molecular formula is C36H41FN6O3. The topological polar surface area (TPSA) is 89.5 Å². The summed E-state index contributed by atoms with van der Waals surface area (Å²) in [5.74, 6) is 1.63. The van der Waals surface area contributed by atoms with Crippen LogP contribution in [-0.4, -0.2) is 69.9 Å². The Morgan fingerprint density at radius 1 is 0.978 bits per heavy atom. The first-order valence-electron chi connectivity index (χ1n) is 16.3. The maximum absolute atomic E-state index is 13.9. The lowest BCUT2D eigenvalue weighted by atomic mass is 9.95. The molecule has 0 spiro atoms. The van der Waals surface area contributed by atoms with E-state index in [1.807, 2.05) is 50.2 Å². The van der Waals surface area contributed by atoms with Crippen LogP contribution in [0, 0.1) is 12.7 Å². The van der Waals surface area contributed by atoms with Gasteiger partial charge in [-0.15, -0.1) is 0 Å². The third-order valence-corrected chi connectivity index (χ3v) is 8.86. The summed E-state index contributed by atoms with van der Waals surface area (Å²) in [7, 11) is 0. The maximum atomic E-state index is 13.9. The summed E-state index contributed by atoms with van der Waals surface area (Å²) in [6, 6.07) is 18.0. The lowest BCUT2D eigenvalue weighted by Gasteiger charge is -2.35. The number of benzene rings is 2. The highest BCUT2D eigenvalue weighted by atomic mass is 19.1. The fraction of sp³-hybridized carbons (Fsp3) is 0.389. The fourth-order valence-electron chi connectivity index (χ4n) is 6.21. The van der Waals surface area contributed by atoms with E-state index in [-0.39, 0.29) is 18.3 Å². The Kier molecular flexibility index (Phi) is 9.44. The van der Waals surface area contributed by atoms with Gasteiger partial charge in [0.15, 0.2) is 5.65 Å². The number of aromatic nitrogens is 4. The largest absolute Gasteiger partial charge is 0.462 e. The predicted molar refractivity (Wildman–Crippen MR) is 177 cm³/mol. The minimum absolute atomic E-state index is 0.130. The van der Waals surface area contributed by atoms with Gasteiger partial charge in [-0.05, 0) is 69.2 Å². The number of carbonyl (C=O) groups is 1. The highest BCUT2D eigenvalue weighted by molar-refractivity contribution is 6.05. The van der Waals surface area contributed by atoms with E-state index in [0.29, 0.717) is 34.0 Å². The first kappa shape index (κ1) is 31.4. The molecule has 0 N–H and O–H groups in total.